The van der Waals surface area contributed by atoms with Crippen molar-refractivity contribution < 1.29 is 0 Å². The topological polar surface area (TPSA) is 55.1 Å². The Morgan fingerprint density at radius 3 is 2.42 bits per heavy atom. The summed E-state index contributed by atoms with van der Waals surface area (Å²) in [6, 6.07) is 7.81. The van der Waals surface area contributed by atoms with Gasteiger partial charge < -0.3 is 5.32 Å². The van der Waals surface area contributed by atoms with Crippen LogP contribution < -0.4 is 5.32 Å². The zero-order valence-corrected chi connectivity index (χ0v) is 15.0. The monoisotopic (exact) mass is 323 g/mol. The van der Waals surface area contributed by atoms with E-state index in [1.165, 1.54) is 0 Å². The molecule has 0 spiro atoms. The van der Waals surface area contributed by atoms with Crippen molar-refractivity contribution in [2.75, 3.05) is 5.32 Å². The summed E-state index contributed by atoms with van der Waals surface area (Å²) >= 11 is 0. The minimum Gasteiger partial charge on any atom is -0.363 e. The van der Waals surface area contributed by atoms with Crippen LogP contribution in [0.5, 0.6) is 0 Å². The van der Waals surface area contributed by atoms with E-state index in [1.807, 2.05) is 34.9 Å². The van der Waals surface area contributed by atoms with Crippen LogP contribution >= 0.6 is 0 Å². The maximum atomic E-state index is 4.70. The van der Waals surface area contributed by atoms with E-state index in [-0.39, 0.29) is 11.0 Å². The van der Waals surface area contributed by atoms with E-state index in [0.717, 1.165) is 23.6 Å². The second-order valence-corrected chi connectivity index (χ2v) is 8.06. The highest BCUT2D eigenvalue weighted by molar-refractivity contribution is 5.73. The number of nitrogens with zero attached hydrogens (tertiary/aromatic N) is 4. The Morgan fingerprint density at radius 1 is 1.00 bits per heavy atom. The van der Waals surface area contributed by atoms with Crippen LogP contribution in [0.4, 0.5) is 5.82 Å². The Kier molecular flexibility index (Phi) is 4.03. The second kappa shape index (κ2) is 5.89. The van der Waals surface area contributed by atoms with Gasteiger partial charge in [-0.15, -0.1) is 0 Å². The molecule has 0 unspecified atom stereocenters. The Hall–Kier alpha value is -2.43. The normalized spacial score (nSPS) is 12.5. The molecule has 0 bridgehead atoms. The average molecular weight is 323 g/mol. The van der Waals surface area contributed by atoms with Gasteiger partial charge in [0.15, 0.2) is 5.82 Å². The molecule has 5 nitrogen and oxygen atoms in total. The first-order valence-corrected chi connectivity index (χ1v) is 8.28. The maximum Gasteiger partial charge on any atom is 0.236 e. The molecule has 0 aromatic carbocycles. The molecule has 5 heteroatoms. The molecule has 126 valence electrons. The molecule has 24 heavy (non-hydrogen) atoms. The second-order valence-electron chi connectivity index (χ2n) is 8.06. The summed E-state index contributed by atoms with van der Waals surface area (Å²) in [6.07, 6.45) is 6.55. The lowest BCUT2D eigenvalue weighted by atomic mass is 9.82. The molecule has 3 rings (SSSR count). The van der Waals surface area contributed by atoms with E-state index in [1.54, 1.807) is 12.4 Å². The molecule has 0 aliphatic heterocycles. The number of rotatable bonds is 4. The third-order valence-corrected chi connectivity index (χ3v) is 3.74. The van der Waals surface area contributed by atoms with Crippen LogP contribution in [0.2, 0.25) is 0 Å². The molecule has 3 heterocycles. The number of nitrogens with one attached hydrogen (secondary N) is 1. The van der Waals surface area contributed by atoms with Gasteiger partial charge in [-0.3, -0.25) is 9.38 Å². The summed E-state index contributed by atoms with van der Waals surface area (Å²) < 4.78 is 1.98. The van der Waals surface area contributed by atoms with E-state index < -0.39 is 0 Å². The molecule has 0 aliphatic rings. The molecule has 0 aliphatic carbocycles. The Labute approximate surface area is 143 Å². The Morgan fingerprint density at radius 2 is 1.75 bits per heavy atom. The fourth-order valence-corrected chi connectivity index (χ4v) is 3.41. The van der Waals surface area contributed by atoms with E-state index >= 15 is 0 Å². The summed E-state index contributed by atoms with van der Waals surface area (Å²) in [6.45, 7) is 11.2. The quantitative estimate of drug-likeness (QED) is 0.772. The highest BCUT2D eigenvalue weighted by Gasteiger charge is 2.28. The van der Waals surface area contributed by atoms with Gasteiger partial charge in [-0.25, -0.2) is 4.98 Å². The van der Waals surface area contributed by atoms with Gasteiger partial charge in [-0.1, -0.05) is 26.8 Å². The molecule has 0 amide bonds. The molecule has 0 saturated carbocycles. The lowest BCUT2D eigenvalue weighted by Gasteiger charge is -2.33. The number of fused-ring (bicyclic) bond motifs is 1. The van der Waals surface area contributed by atoms with Crippen molar-refractivity contribution in [3.63, 3.8) is 0 Å². The molecule has 0 saturated heterocycles. The molecular formula is C19H25N5. The van der Waals surface area contributed by atoms with Crippen LogP contribution in [0.3, 0.4) is 0 Å². The van der Waals surface area contributed by atoms with Gasteiger partial charge in [0.2, 0.25) is 5.78 Å². The van der Waals surface area contributed by atoms with E-state index in [2.05, 4.69) is 49.9 Å². The fourth-order valence-electron chi connectivity index (χ4n) is 3.41. The van der Waals surface area contributed by atoms with E-state index in [4.69, 9.17) is 4.98 Å². The lowest BCUT2D eigenvalue weighted by molar-refractivity contribution is 0.302. The van der Waals surface area contributed by atoms with Crippen LogP contribution in [0.15, 0.2) is 42.9 Å². The molecule has 3 aromatic heterocycles. The predicted molar refractivity (Wildman–Crippen MR) is 98.0 cm³/mol. The van der Waals surface area contributed by atoms with Crippen molar-refractivity contribution in [3.8, 4) is 11.4 Å². The summed E-state index contributed by atoms with van der Waals surface area (Å²) in [5.41, 5.74) is 1.95. The SMILES string of the molecule is CC(C)(C)CC(C)(C)Nc1nc2ncccn2c1-c1ccccn1. The van der Waals surface area contributed by atoms with Crippen LogP contribution in [-0.4, -0.2) is 24.9 Å². The van der Waals surface area contributed by atoms with Crippen molar-refractivity contribution in [3.05, 3.63) is 42.9 Å². The minimum absolute atomic E-state index is 0.0975. The summed E-state index contributed by atoms with van der Waals surface area (Å²) in [4.78, 5) is 13.6. The average Bonchev–Trinajstić information content (AvgIpc) is 2.82. The number of imidazole rings is 1. The number of hydrogen-bond donors (Lipinski definition) is 1. The van der Waals surface area contributed by atoms with Gasteiger partial charge >= 0.3 is 0 Å². The number of aromatic nitrogens is 4. The first kappa shape index (κ1) is 16.4. The lowest BCUT2D eigenvalue weighted by Crippen LogP contribution is -2.35. The zero-order chi connectivity index (χ0) is 17.4. The van der Waals surface area contributed by atoms with Gasteiger partial charge in [0, 0.05) is 24.1 Å². The number of pyridine rings is 1. The molecule has 0 atom stereocenters. The van der Waals surface area contributed by atoms with Crippen molar-refractivity contribution in [1.82, 2.24) is 19.4 Å². The van der Waals surface area contributed by atoms with Crippen molar-refractivity contribution in [1.29, 1.82) is 0 Å². The van der Waals surface area contributed by atoms with Crippen molar-refractivity contribution >= 4 is 11.6 Å². The first-order chi connectivity index (χ1) is 11.3. The zero-order valence-electron chi connectivity index (χ0n) is 15.0. The predicted octanol–water partition coefficient (Wildman–Crippen LogP) is 4.42. The highest BCUT2D eigenvalue weighted by Crippen LogP contribution is 2.33. The molecule has 1 N–H and O–H groups in total. The third-order valence-electron chi connectivity index (χ3n) is 3.74. The summed E-state index contributed by atoms with van der Waals surface area (Å²) in [5.74, 6) is 1.49. The molecule has 0 radical (unpaired) electrons. The van der Waals surface area contributed by atoms with E-state index in [9.17, 15) is 0 Å². The molecular weight excluding hydrogens is 298 g/mol. The standard InChI is InChI=1S/C19H25N5/c1-18(2,3)13-19(4,5)23-16-15(14-9-6-7-10-20-14)24-12-8-11-21-17(24)22-16/h6-12,23H,13H2,1-5H3. The Bertz CT molecular complexity index is 828. The van der Waals surface area contributed by atoms with Gasteiger partial charge in [0.25, 0.3) is 0 Å². The van der Waals surface area contributed by atoms with Gasteiger partial charge in [-0.05, 0) is 43.9 Å². The summed E-state index contributed by atoms with van der Waals surface area (Å²) in [5, 5.41) is 3.62. The van der Waals surface area contributed by atoms with Gasteiger partial charge in [-0.2, -0.15) is 4.98 Å². The minimum atomic E-state index is -0.0975. The first-order valence-electron chi connectivity index (χ1n) is 8.28. The van der Waals surface area contributed by atoms with E-state index in [0.29, 0.717) is 5.78 Å². The number of anilines is 1. The fraction of sp³-hybridized carbons (Fsp3) is 0.421. The summed E-state index contributed by atoms with van der Waals surface area (Å²) in [7, 11) is 0. The number of hydrogen-bond acceptors (Lipinski definition) is 4. The smallest absolute Gasteiger partial charge is 0.236 e. The Balaban J connectivity index is 2.08. The van der Waals surface area contributed by atoms with Crippen LogP contribution in [0, 0.1) is 5.41 Å². The van der Waals surface area contributed by atoms with Crippen LogP contribution in [0.25, 0.3) is 17.2 Å². The highest BCUT2D eigenvalue weighted by atomic mass is 15.2. The largest absolute Gasteiger partial charge is 0.363 e. The van der Waals surface area contributed by atoms with Gasteiger partial charge in [0.05, 0.1) is 5.69 Å². The maximum absolute atomic E-state index is 4.70. The van der Waals surface area contributed by atoms with Crippen LogP contribution in [-0.2, 0) is 0 Å². The third kappa shape index (κ3) is 3.55. The van der Waals surface area contributed by atoms with Crippen LogP contribution in [0.1, 0.15) is 41.0 Å². The van der Waals surface area contributed by atoms with Crippen molar-refractivity contribution in [2.24, 2.45) is 5.41 Å². The van der Waals surface area contributed by atoms with Crippen molar-refractivity contribution in [2.45, 2.75) is 46.6 Å². The molecule has 0 fully saturated rings. The van der Waals surface area contributed by atoms with Gasteiger partial charge in [0.1, 0.15) is 5.69 Å². The molecule has 3 aromatic rings.